The molecular weight excluding hydrogens is 280 g/mol. The maximum Gasteiger partial charge on any atom is 0.322 e. The van der Waals surface area contributed by atoms with E-state index in [0.29, 0.717) is 0 Å². The number of aliphatic hydroxyl groups excluding tert-OH is 1. The molecule has 1 rings (SSSR count). The summed E-state index contributed by atoms with van der Waals surface area (Å²) >= 11 is 0. The van der Waals surface area contributed by atoms with Gasteiger partial charge >= 0.3 is 5.97 Å². The standard InChI is InChI=1S/C14H18O5S/c1-11-6-8-12(9-7-11)20(18,19)13(14(16)17)5-3-2-4-10-15/h2,4,6-9,13,15H,3,5,10H2,1H3,(H,16,17)/b4-2+. The molecule has 0 aliphatic rings. The Kier molecular flexibility index (Phi) is 5.91. The van der Waals surface area contributed by atoms with Crippen LogP contribution in [0.5, 0.6) is 0 Å². The molecule has 0 aliphatic carbocycles. The predicted octanol–water partition coefficient (Wildman–Crippen LogP) is 1.55. The molecule has 1 unspecified atom stereocenters. The van der Waals surface area contributed by atoms with E-state index in [9.17, 15) is 13.2 Å². The number of hydrogen-bond acceptors (Lipinski definition) is 4. The lowest BCUT2D eigenvalue weighted by molar-refractivity contribution is -0.136. The van der Waals surface area contributed by atoms with Gasteiger partial charge in [0, 0.05) is 0 Å². The van der Waals surface area contributed by atoms with E-state index in [1.807, 2.05) is 6.92 Å². The van der Waals surface area contributed by atoms with Crippen LogP contribution in [-0.4, -0.2) is 36.5 Å². The number of aliphatic carboxylic acids is 1. The number of aliphatic hydroxyl groups is 1. The van der Waals surface area contributed by atoms with Crippen LogP contribution in [0.2, 0.25) is 0 Å². The zero-order valence-electron chi connectivity index (χ0n) is 11.2. The smallest absolute Gasteiger partial charge is 0.322 e. The van der Waals surface area contributed by atoms with Crippen molar-refractivity contribution in [1.82, 2.24) is 0 Å². The maximum atomic E-state index is 12.3. The number of carboxylic acid groups (broad SMARTS) is 1. The fourth-order valence-electron chi connectivity index (χ4n) is 1.74. The lowest BCUT2D eigenvalue weighted by Crippen LogP contribution is -2.30. The number of allylic oxidation sites excluding steroid dienone is 1. The van der Waals surface area contributed by atoms with Crippen molar-refractivity contribution >= 4 is 15.8 Å². The van der Waals surface area contributed by atoms with Gasteiger partial charge in [-0.15, -0.1) is 0 Å². The molecule has 0 spiro atoms. The van der Waals surface area contributed by atoms with Crippen molar-refractivity contribution in [3.8, 4) is 0 Å². The van der Waals surface area contributed by atoms with E-state index in [4.69, 9.17) is 10.2 Å². The summed E-state index contributed by atoms with van der Waals surface area (Å²) in [7, 11) is -3.90. The summed E-state index contributed by atoms with van der Waals surface area (Å²) in [6.07, 6.45) is 3.28. The summed E-state index contributed by atoms with van der Waals surface area (Å²) in [5.74, 6) is -1.36. The van der Waals surface area contributed by atoms with Crippen LogP contribution in [0.4, 0.5) is 0 Å². The summed E-state index contributed by atoms with van der Waals surface area (Å²) in [6.45, 7) is 1.67. The van der Waals surface area contributed by atoms with Gasteiger partial charge in [0.15, 0.2) is 15.1 Å². The Morgan fingerprint density at radius 2 is 1.85 bits per heavy atom. The van der Waals surface area contributed by atoms with Crippen LogP contribution >= 0.6 is 0 Å². The van der Waals surface area contributed by atoms with Gasteiger partial charge in [0.25, 0.3) is 0 Å². The molecule has 0 fully saturated rings. The van der Waals surface area contributed by atoms with E-state index < -0.39 is 21.1 Å². The number of sulfone groups is 1. The van der Waals surface area contributed by atoms with Gasteiger partial charge in [-0.25, -0.2) is 8.42 Å². The normalized spacial score (nSPS) is 13.5. The van der Waals surface area contributed by atoms with Crippen LogP contribution < -0.4 is 0 Å². The van der Waals surface area contributed by atoms with Crippen LogP contribution in [0, 0.1) is 6.92 Å². The predicted molar refractivity (Wildman–Crippen MR) is 75.2 cm³/mol. The summed E-state index contributed by atoms with van der Waals surface area (Å²) in [4.78, 5) is 11.2. The number of benzene rings is 1. The third kappa shape index (κ3) is 4.18. The number of rotatable bonds is 7. The molecule has 0 bridgehead atoms. The van der Waals surface area contributed by atoms with Crippen molar-refractivity contribution in [2.45, 2.75) is 29.9 Å². The second-order valence-corrected chi connectivity index (χ2v) is 6.55. The highest BCUT2D eigenvalue weighted by atomic mass is 32.2. The van der Waals surface area contributed by atoms with E-state index in [2.05, 4.69) is 0 Å². The van der Waals surface area contributed by atoms with E-state index >= 15 is 0 Å². The first-order chi connectivity index (χ1) is 9.39. The molecule has 0 saturated heterocycles. The highest BCUT2D eigenvalue weighted by molar-refractivity contribution is 7.92. The number of aryl methyl sites for hydroxylation is 1. The van der Waals surface area contributed by atoms with Crippen LogP contribution in [0.15, 0.2) is 41.3 Å². The van der Waals surface area contributed by atoms with Crippen molar-refractivity contribution in [3.05, 3.63) is 42.0 Å². The van der Waals surface area contributed by atoms with E-state index in [-0.39, 0.29) is 24.3 Å². The third-order valence-electron chi connectivity index (χ3n) is 2.87. The molecule has 0 radical (unpaired) electrons. The first-order valence-corrected chi connectivity index (χ1v) is 7.73. The quantitative estimate of drug-likeness (QED) is 0.745. The van der Waals surface area contributed by atoms with Crippen molar-refractivity contribution in [2.24, 2.45) is 0 Å². The number of hydrogen-bond donors (Lipinski definition) is 2. The molecule has 1 aromatic carbocycles. The molecule has 20 heavy (non-hydrogen) atoms. The van der Waals surface area contributed by atoms with Gasteiger partial charge < -0.3 is 10.2 Å². The Balaban J connectivity index is 2.97. The molecule has 1 atom stereocenters. The van der Waals surface area contributed by atoms with Crippen molar-refractivity contribution in [3.63, 3.8) is 0 Å². The highest BCUT2D eigenvalue weighted by Crippen LogP contribution is 2.20. The maximum absolute atomic E-state index is 12.3. The minimum Gasteiger partial charge on any atom is -0.480 e. The van der Waals surface area contributed by atoms with Gasteiger partial charge in [-0.3, -0.25) is 4.79 Å². The lowest BCUT2D eigenvalue weighted by Gasteiger charge is -2.13. The van der Waals surface area contributed by atoms with Gasteiger partial charge in [-0.05, 0) is 31.9 Å². The van der Waals surface area contributed by atoms with Crippen LogP contribution in [-0.2, 0) is 14.6 Å². The summed E-state index contributed by atoms with van der Waals surface area (Å²) in [5, 5.41) is 16.2. The summed E-state index contributed by atoms with van der Waals surface area (Å²) < 4.78 is 24.6. The topological polar surface area (TPSA) is 91.7 Å². The Morgan fingerprint density at radius 3 is 2.35 bits per heavy atom. The van der Waals surface area contributed by atoms with E-state index in [1.165, 1.54) is 18.2 Å². The third-order valence-corrected chi connectivity index (χ3v) is 4.98. The fourth-order valence-corrected chi connectivity index (χ4v) is 3.30. The molecule has 6 heteroatoms. The van der Waals surface area contributed by atoms with E-state index in [1.54, 1.807) is 18.2 Å². The zero-order chi connectivity index (χ0) is 15.2. The van der Waals surface area contributed by atoms with Crippen molar-refractivity contribution in [1.29, 1.82) is 0 Å². The number of carboxylic acids is 1. The van der Waals surface area contributed by atoms with Gasteiger partial charge in [0.1, 0.15) is 0 Å². The molecule has 0 aliphatic heterocycles. The summed E-state index contributed by atoms with van der Waals surface area (Å²) in [5.41, 5.74) is 0.904. The lowest BCUT2D eigenvalue weighted by atomic mass is 10.2. The SMILES string of the molecule is Cc1ccc(S(=O)(=O)C(CC/C=C/CO)C(=O)O)cc1. The van der Waals surface area contributed by atoms with Crippen molar-refractivity contribution < 1.29 is 23.4 Å². The summed E-state index contributed by atoms with van der Waals surface area (Å²) in [6, 6.07) is 6.11. The van der Waals surface area contributed by atoms with Gasteiger partial charge in [0.05, 0.1) is 11.5 Å². The van der Waals surface area contributed by atoms with Crippen LogP contribution in [0.1, 0.15) is 18.4 Å². The number of carbonyl (C=O) groups is 1. The van der Waals surface area contributed by atoms with Crippen molar-refractivity contribution in [2.75, 3.05) is 6.61 Å². The highest BCUT2D eigenvalue weighted by Gasteiger charge is 2.33. The molecule has 110 valence electrons. The zero-order valence-corrected chi connectivity index (χ0v) is 12.0. The minimum atomic E-state index is -3.90. The molecule has 0 aromatic heterocycles. The molecule has 0 heterocycles. The molecule has 0 amide bonds. The van der Waals surface area contributed by atoms with Gasteiger partial charge in [-0.2, -0.15) is 0 Å². The van der Waals surface area contributed by atoms with E-state index in [0.717, 1.165) is 5.56 Å². The second-order valence-electron chi connectivity index (χ2n) is 4.42. The Hall–Kier alpha value is -1.66. The molecule has 0 saturated carbocycles. The fraction of sp³-hybridized carbons (Fsp3) is 0.357. The van der Waals surface area contributed by atoms with Crippen LogP contribution in [0.3, 0.4) is 0 Å². The average Bonchev–Trinajstić information content (AvgIpc) is 2.38. The molecular formula is C14H18O5S. The molecule has 5 nitrogen and oxygen atoms in total. The largest absolute Gasteiger partial charge is 0.480 e. The average molecular weight is 298 g/mol. The van der Waals surface area contributed by atoms with Gasteiger partial charge in [-0.1, -0.05) is 29.8 Å². The Labute approximate surface area is 118 Å². The Morgan fingerprint density at radius 1 is 1.25 bits per heavy atom. The van der Waals surface area contributed by atoms with Gasteiger partial charge in [0.2, 0.25) is 0 Å². The van der Waals surface area contributed by atoms with Crippen LogP contribution in [0.25, 0.3) is 0 Å². The monoisotopic (exact) mass is 298 g/mol. The second kappa shape index (κ2) is 7.21. The first kappa shape index (κ1) is 16.4. The molecule has 2 N–H and O–H groups in total. The Bertz CT molecular complexity index is 572. The molecule has 1 aromatic rings. The minimum absolute atomic E-state index is 0.0154. The first-order valence-electron chi connectivity index (χ1n) is 6.19.